The van der Waals surface area contributed by atoms with Crippen LogP contribution in [-0.4, -0.2) is 5.97 Å². The van der Waals surface area contributed by atoms with Crippen LogP contribution in [0.3, 0.4) is 0 Å². The fraction of sp³-hybridized carbons (Fsp3) is 0.462. The third-order valence-corrected chi connectivity index (χ3v) is 2.06. The highest BCUT2D eigenvalue weighted by molar-refractivity contribution is 5.75. The quantitative estimate of drug-likeness (QED) is 0.695. The van der Waals surface area contributed by atoms with Crippen LogP contribution in [0.25, 0.3) is 0 Å². The second-order valence-corrected chi connectivity index (χ2v) is 4.82. The summed E-state index contributed by atoms with van der Waals surface area (Å²) in [6.07, 6.45) is 0. The molecule has 0 amide bonds. The predicted octanol–water partition coefficient (Wildman–Crippen LogP) is 3.08. The van der Waals surface area contributed by atoms with Crippen LogP contribution in [0.1, 0.15) is 31.9 Å². The Balaban J connectivity index is 2.55. The molecule has 1 rings (SSSR count). The van der Waals surface area contributed by atoms with Crippen LogP contribution < -0.4 is 0 Å². The highest BCUT2D eigenvalue weighted by Crippen LogP contribution is 2.16. The largest absolute Gasteiger partial charge is 0.460 e. The Morgan fingerprint density at radius 3 is 2.53 bits per heavy atom. The van der Waals surface area contributed by atoms with Gasteiger partial charge in [-0.05, 0) is 33.3 Å². The van der Waals surface area contributed by atoms with Gasteiger partial charge in [-0.25, -0.2) is 0 Å². The molecule has 2 heteroatoms. The van der Waals surface area contributed by atoms with Gasteiger partial charge in [0.15, 0.2) is 0 Å². The first-order valence-corrected chi connectivity index (χ1v) is 5.12. The van der Waals surface area contributed by atoms with E-state index in [0.717, 1.165) is 5.56 Å². The average molecular weight is 206 g/mol. The fourth-order valence-electron chi connectivity index (χ4n) is 1.17. The zero-order valence-corrected chi connectivity index (χ0v) is 9.83. The van der Waals surface area contributed by atoms with Gasteiger partial charge in [-0.2, -0.15) is 0 Å². The van der Waals surface area contributed by atoms with Crippen molar-refractivity contribution in [2.24, 2.45) is 5.41 Å². The fourth-order valence-corrected chi connectivity index (χ4v) is 1.17. The lowest BCUT2D eigenvalue weighted by molar-refractivity contribution is -0.154. The van der Waals surface area contributed by atoms with Crippen LogP contribution in [0.5, 0.6) is 0 Å². The molecule has 0 aliphatic carbocycles. The van der Waals surface area contributed by atoms with E-state index in [0.29, 0.717) is 6.61 Å². The molecule has 1 aromatic carbocycles. The minimum Gasteiger partial charge on any atom is -0.460 e. The van der Waals surface area contributed by atoms with Crippen molar-refractivity contribution in [3.63, 3.8) is 0 Å². The summed E-state index contributed by atoms with van der Waals surface area (Å²) in [5.41, 5.74) is 1.79. The van der Waals surface area contributed by atoms with Gasteiger partial charge in [0, 0.05) is 0 Å². The minimum absolute atomic E-state index is 0.163. The van der Waals surface area contributed by atoms with Crippen molar-refractivity contribution >= 4 is 5.97 Å². The van der Waals surface area contributed by atoms with Gasteiger partial charge in [0.25, 0.3) is 0 Å². The SMILES string of the molecule is Cc1cccc(COC(=O)C(C)(C)C)c1. The molecule has 2 nitrogen and oxygen atoms in total. The molecule has 0 fully saturated rings. The van der Waals surface area contributed by atoms with Crippen molar-refractivity contribution in [2.75, 3.05) is 0 Å². The van der Waals surface area contributed by atoms with Gasteiger partial charge in [-0.15, -0.1) is 0 Å². The number of benzene rings is 1. The highest BCUT2D eigenvalue weighted by atomic mass is 16.5. The summed E-state index contributed by atoms with van der Waals surface area (Å²) in [6.45, 7) is 7.94. The van der Waals surface area contributed by atoms with Crippen LogP contribution in [0.15, 0.2) is 24.3 Å². The Morgan fingerprint density at radius 2 is 2.00 bits per heavy atom. The van der Waals surface area contributed by atoms with Gasteiger partial charge in [0.05, 0.1) is 5.41 Å². The molecule has 0 aromatic heterocycles. The lowest BCUT2D eigenvalue weighted by Gasteiger charge is -2.16. The van der Waals surface area contributed by atoms with Crippen LogP contribution in [0.2, 0.25) is 0 Å². The Kier molecular flexibility index (Phi) is 3.51. The van der Waals surface area contributed by atoms with E-state index in [1.54, 1.807) is 0 Å². The zero-order valence-electron chi connectivity index (χ0n) is 9.83. The van der Waals surface area contributed by atoms with Crippen molar-refractivity contribution in [3.05, 3.63) is 35.4 Å². The maximum absolute atomic E-state index is 11.5. The highest BCUT2D eigenvalue weighted by Gasteiger charge is 2.22. The monoisotopic (exact) mass is 206 g/mol. The molecule has 0 bridgehead atoms. The first-order valence-electron chi connectivity index (χ1n) is 5.12. The van der Waals surface area contributed by atoms with Gasteiger partial charge in [0.2, 0.25) is 0 Å². The Hall–Kier alpha value is -1.31. The van der Waals surface area contributed by atoms with Gasteiger partial charge in [-0.3, -0.25) is 4.79 Å². The summed E-state index contributed by atoms with van der Waals surface area (Å²) in [5, 5.41) is 0. The first kappa shape index (κ1) is 11.8. The number of hydrogen-bond acceptors (Lipinski definition) is 2. The van der Waals surface area contributed by atoms with Crippen molar-refractivity contribution in [1.82, 2.24) is 0 Å². The number of carbonyl (C=O) groups is 1. The smallest absolute Gasteiger partial charge is 0.311 e. The summed E-state index contributed by atoms with van der Waals surface area (Å²) >= 11 is 0. The molecular formula is C13H18O2. The summed E-state index contributed by atoms with van der Waals surface area (Å²) < 4.78 is 5.21. The van der Waals surface area contributed by atoms with Crippen molar-refractivity contribution in [2.45, 2.75) is 34.3 Å². The normalized spacial score (nSPS) is 11.2. The van der Waals surface area contributed by atoms with E-state index in [4.69, 9.17) is 4.74 Å². The van der Waals surface area contributed by atoms with E-state index in [1.807, 2.05) is 52.0 Å². The van der Waals surface area contributed by atoms with E-state index < -0.39 is 5.41 Å². The van der Waals surface area contributed by atoms with Crippen LogP contribution in [0, 0.1) is 12.3 Å². The van der Waals surface area contributed by atoms with Gasteiger partial charge < -0.3 is 4.74 Å². The van der Waals surface area contributed by atoms with Gasteiger partial charge in [0.1, 0.15) is 6.61 Å². The van der Waals surface area contributed by atoms with E-state index in [2.05, 4.69) is 0 Å². The summed E-state index contributed by atoms with van der Waals surface area (Å²) in [7, 11) is 0. The Morgan fingerprint density at radius 1 is 1.33 bits per heavy atom. The van der Waals surface area contributed by atoms with E-state index in [1.165, 1.54) is 5.56 Å². The molecule has 0 N–H and O–H groups in total. The molecule has 82 valence electrons. The van der Waals surface area contributed by atoms with Gasteiger partial charge in [-0.1, -0.05) is 29.8 Å². The van der Waals surface area contributed by atoms with Crippen LogP contribution in [-0.2, 0) is 16.1 Å². The lowest BCUT2D eigenvalue weighted by atomic mass is 9.97. The maximum Gasteiger partial charge on any atom is 0.311 e. The summed E-state index contributed by atoms with van der Waals surface area (Å²) in [4.78, 5) is 11.5. The third-order valence-electron chi connectivity index (χ3n) is 2.06. The van der Waals surface area contributed by atoms with Gasteiger partial charge >= 0.3 is 5.97 Å². The van der Waals surface area contributed by atoms with Crippen LogP contribution >= 0.6 is 0 Å². The molecule has 0 atom stereocenters. The third kappa shape index (κ3) is 3.74. The van der Waals surface area contributed by atoms with Crippen molar-refractivity contribution in [1.29, 1.82) is 0 Å². The van der Waals surface area contributed by atoms with Crippen molar-refractivity contribution < 1.29 is 9.53 Å². The molecule has 0 spiro atoms. The Bertz CT molecular complexity index is 348. The van der Waals surface area contributed by atoms with E-state index in [-0.39, 0.29) is 5.97 Å². The molecule has 0 saturated heterocycles. The first-order chi connectivity index (χ1) is 6.89. The molecule has 15 heavy (non-hydrogen) atoms. The summed E-state index contributed by atoms with van der Waals surface area (Å²) in [5.74, 6) is -0.163. The molecule has 0 saturated carbocycles. The average Bonchev–Trinajstić information content (AvgIpc) is 2.12. The maximum atomic E-state index is 11.5. The summed E-state index contributed by atoms with van der Waals surface area (Å²) in [6, 6.07) is 7.98. The zero-order chi connectivity index (χ0) is 11.5. The lowest BCUT2D eigenvalue weighted by Crippen LogP contribution is -2.22. The molecule has 0 aliphatic rings. The van der Waals surface area contributed by atoms with Crippen LogP contribution in [0.4, 0.5) is 0 Å². The number of rotatable bonds is 2. The number of carbonyl (C=O) groups excluding carboxylic acids is 1. The predicted molar refractivity (Wildman–Crippen MR) is 60.4 cm³/mol. The number of hydrogen-bond donors (Lipinski definition) is 0. The molecular weight excluding hydrogens is 188 g/mol. The second kappa shape index (κ2) is 4.47. The number of aryl methyl sites for hydroxylation is 1. The van der Waals surface area contributed by atoms with E-state index in [9.17, 15) is 4.79 Å². The van der Waals surface area contributed by atoms with E-state index >= 15 is 0 Å². The molecule has 0 unspecified atom stereocenters. The number of ether oxygens (including phenoxy) is 1. The Labute approximate surface area is 91.3 Å². The number of esters is 1. The standard InChI is InChI=1S/C13H18O2/c1-10-6-5-7-11(8-10)9-15-12(14)13(2,3)4/h5-8H,9H2,1-4H3. The molecule has 0 radical (unpaired) electrons. The second-order valence-electron chi connectivity index (χ2n) is 4.82. The topological polar surface area (TPSA) is 26.3 Å². The minimum atomic E-state index is -0.427. The molecule has 1 aromatic rings. The molecule has 0 heterocycles. The molecule has 0 aliphatic heterocycles. The van der Waals surface area contributed by atoms with Crippen molar-refractivity contribution in [3.8, 4) is 0 Å².